The number of benzene rings is 1. The third kappa shape index (κ3) is 1.18. The Kier molecular flexibility index (Phi) is 2.15. The van der Waals surface area contributed by atoms with Crippen molar-refractivity contribution in [2.24, 2.45) is 0 Å². The summed E-state index contributed by atoms with van der Waals surface area (Å²) in [5.74, 6) is 0. The Labute approximate surface area is 84.5 Å². The van der Waals surface area contributed by atoms with E-state index in [1.54, 1.807) is 0 Å². The first kappa shape index (κ1) is 8.54. The van der Waals surface area contributed by atoms with Gasteiger partial charge in [0, 0.05) is 10.0 Å². The summed E-state index contributed by atoms with van der Waals surface area (Å²) in [4.78, 5) is 0. The number of aliphatic hydroxyl groups excluding tert-OH is 1. The standard InChI is InChI=1S/C9H8BrClO/c10-6-3-1-5-2-4-7(12)8(5)9(6)11/h1,3,7,12H,2,4H2. The number of aryl methyl sites for hydroxylation is 1. The van der Waals surface area contributed by atoms with E-state index < -0.39 is 0 Å². The van der Waals surface area contributed by atoms with E-state index in [1.165, 1.54) is 5.56 Å². The van der Waals surface area contributed by atoms with Crippen LogP contribution < -0.4 is 0 Å². The molecule has 3 heteroatoms. The van der Waals surface area contributed by atoms with Gasteiger partial charge in [-0.3, -0.25) is 0 Å². The van der Waals surface area contributed by atoms with Gasteiger partial charge in [-0.25, -0.2) is 0 Å². The Hall–Kier alpha value is -0.0500. The van der Waals surface area contributed by atoms with Crippen LogP contribution in [0.1, 0.15) is 23.7 Å². The quantitative estimate of drug-likeness (QED) is 0.747. The minimum absolute atomic E-state index is 0.370. The van der Waals surface area contributed by atoms with Crippen LogP contribution in [0.25, 0.3) is 0 Å². The Morgan fingerprint density at radius 2 is 2.25 bits per heavy atom. The molecule has 1 aliphatic carbocycles. The van der Waals surface area contributed by atoms with Crippen molar-refractivity contribution >= 4 is 27.5 Å². The Balaban J connectivity index is 2.63. The summed E-state index contributed by atoms with van der Waals surface area (Å²) in [5.41, 5.74) is 2.08. The second-order valence-electron chi connectivity index (χ2n) is 2.99. The fourth-order valence-corrected chi connectivity index (χ4v) is 2.28. The van der Waals surface area contributed by atoms with Gasteiger partial charge in [0.25, 0.3) is 0 Å². The van der Waals surface area contributed by atoms with Gasteiger partial charge in [-0.15, -0.1) is 0 Å². The molecule has 1 aromatic carbocycles. The van der Waals surface area contributed by atoms with Crippen molar-refractivity contribution in [2.75, 3.05) is 0 Å². The molecule has 64 valence electrons. The zero-order valence-corrected chi connectivity index (χ0v) is 8.69. The number of fused-ring (bicyclic) bond motifs is 1. The average Bonchev–Trinajstić information content (AvgIpc) is 2.41. The normalized spacial score (nSPS) is 21.1. The molecule has 0 radical (unpaired) electrons. The van der Waals surface area contributed by atoms with Gasteiger partial charge in [0.2, 0.25) is 0 Å². The number of rotatable bonds is 0. The highest BCUT2D eigenvalue weighted by atomic mass is 79.9. The first-order valence-electron chi connectivity index (χ1n) is 3.85. The maximum atomic E-state index is 9.58. The van der Waals surface area contributed by atoms with Gasteiger partial charge in [0.1, 0.15) is 0 Å². The molecule has 0 heterocycles. The summed E-state index contributed by atoms with van der Waals surface area (Å²) in [6, 6.07) is 3.95. The van der Waals surface area contributed by atoms with E-state index in [4.69, 9.17) is 11.6 Å². The van der Waals surface area contributed by atoms with Crippen molar-refractivity contribution in [3.05, 3.63) is 32.8 Å². The van der Waals surface area contributed by atoms with Gasteiger partial charge in [-0.05, 0) is 40.4 Å². The van der Waals surface area contributed by atoms with Crippen molar-refractivity contribution < 1.29 is 5.11 Å². The van der Waals surface area contributed by atoms with Gasteiger partial charge in [-0.2, -0.15) is 0 Å². The minimum atomic E-state index is -0.370. The molecule has 1 aromatic rings. The molecule has 1 aliphatic rings. The molecule has 2 rings (SSSR count). The van der Waals surface area contributed by atoms with E-state index in [0.29, 0.717) is 5.02 Å². The Morgan fingerprint density at radius 1 is 1.50 bits per heavy atom. The molecule has 0 bridgehead atoms. The summed E-state index contributed by atoms with van der Waals surface area (Å²) >= 11 is 9.36. The fraction of sp³-hybridized carbons (Fsp3) is 0.333. The molecule has 12 heavy (non-hydrogen) atoms. The Bertz CT molecular complexity index is 325. The molecule has 0 amide bonds. The van der Waals surface area contributed by atoms with Crippen LogP contribution in [0.5, 0.6) is 0 Å². The maximum absolute atomic E-state index is 9.58. The van der Waals surface area contributed by atoms with Crippen LogP contribution >= 0.6 is 27.5 Å². The van der Waals surface area contributed by atoms with E-state index in [1.807, 2.05) is 12.1 Å². The smallest absolute Gasteiger partial charge is 0.0810 e. The molecule has 0 saturated heterocycles. The van der Waals surface area contributed by atoms with Crippen molar-refractivity contribution in [1.82, 2.24) is 0 Å². The summed E-state index contributed by atoms with van der Waals surface area (Å²) in [5, 5.41) is 10.2. The summed E-state index contributed by atoms with van der Waals surface area (Å²) in [7, 11) is 0. The Morgan fingerprint density at radius 3 is 3.00 bits per heavy atom. The highest BCUT2D eigenvalue weighted by Crippen LogP contribution is 2.39. The second kappa shape index (κ2) is 3.02. The molecule has 1 N–H and O–H groups in total. The van der Waals surface area contributed by atoms with Crippen LogP contribution in [-0.4, -0.2) is 5.11 Å². The number of aliphatic hydroxyl groups is 1. The first-order valence-corrected chi connectivity index (χ1v) is 5.02. The lowest BCUT2D eigenvalue weighted by molar-refractivity contribution is 0.180. The SMILES string of the molecule is OC1CCc2ccc(Br)c(Cl)c21. The molecule has 1 unspecified atom stereocenters. The lowest BCUT2D eigenvalue weighted by Crippen LogP contribution is -1.91. The average molecular weight is 248 g/mol. The molecule has 0 spiro atoms. The highest BCUT2D eigenvalue weighted by Gasteiger charge is 2.23. The van der Waals surface area contributed by atoms with Gasteiger partial charge >= 0.3 is 0 Å². The topological polar surface area (TPSA) is 20.2 Å². The summed E-state index contributed by atoms with van der Waals surface area (Å²) in [6.45, 7) is 0. The molecular weight excluding hydrogens is 239 g/mol. The third-order valence-corrected chi connectivity index (χ3v) is 3.54. The predicted octanol–water partition coefficient (Wildman–Crippen LogP) is 3.08. The lowest BCUT2D eigenvalue weighted by atomic mass is 10.1. The maximum Gasteiger partial charge on any atom is 0.0810 e. The van der Waals surface area contributed by atoms with Gasteiger partial charge in [0.05, 0.1) is 11.1 Å². The molecule has 1 nitrogen and oxygen atoms in total. The lowest BCUT2D eigenvalue weighted by Gasteiger charge is -2.07. The van der Waals surface area contributed by atoms with Crippen molar-refractivity contribution in [3.63, 3.8) is 0 Å². The molecular formula is C9H8BrClO. The monoisotopic (exact) mass is 246 g/mol. The number of hydrogen-bond acceptors (Lipinski definition) is 1. The van der Waals surface area contributed by atoms with E-state index in [0.717, 1.165) is 22.9 Å². The molecule has 0 fully saturated rings. The molecule has 0 aliphatic heterocycles. The van der Waals surface area contributed by atoms with Crippen molar-refractivity contribution in [3.8, 4) is 0 Å². The van der Waals surface area contributed by atoms with Crippen LogP contribution in [0.4, 0.5) is 0 Å². The van der Waals surface area contributed by atoms with Gasteiger partial charge in [0.15, 0.2) is 0 Å². The van der Waals surface area contributed by atoms with Crippen LogP contribution in [0.2, 0.25) is 5.02 Å². The molecule has 1 atom stereocenters. The van der Waals surface area contributed by atoms with Crippen molar-refractivity contribution in [1.29, 1.82) is 0 Å². The second-order valence-corrected chi connectivity index (χ2v) is 4.22. The summed E-state index contributed by atoms with van der Waals surface area (Å²) < 4.78 is 0.865. The van der Waals surface area contributed by atoms with E-state index in [9.17, 15) is 5.11 Å². The van der Waals surface area contributed by atoms with Gasteiger partial charge in [-0.1, -0.05) is 17.7 Å². The largest absolute Gasteiger partial charge is 0.388 e. The highest BCUT2D eigenvalue weighted by molar-refractivity contribution is 9.10. The van der Waals surface area contributed by atoms with Crippen LogP contribution in [0.15, 0.2) is 16.6 Å². The first-order chi connectivity index (χ1) is 5.70. The molecule has 0 saturated carbocycles. The summed E-state index contributed by atoms with van der Waals surface area (Å²) in [6.07, 6.45) is 1.36. The van der Waals surface area contributed by atoms with Crippen molar-refractivity contribution in [2.45, 2.75) is 18.9 Å². The zero-order valence-electron chi connectivity index (χ0n) is 6.35. The van der Waals surface area contributed by atoms with Crippen LogP contribution in [-0.2, 0) is 6.42 Å². The number of hydrogen-bond donors (Lipinski definition) is 1. The number of halogens is 2. The minimum Gasteiger partial charge on any atom is -0.388 e. The molecule has 0 aromatic heterocycles. The van der Waals surface area contributed by atoms with E-state index >= 15 is 0 Å². The van der Waals surface area contributed by atoms with E-state index in [2.05, 4.69) is 15.9 Å². The zero-order chi connectivity index (χ0) is 8.72. The predicted molar refractivity (Wildman–Crippen MR) is 52.4 cm³/mol. The van der Waals surface area contributed by atoms with Gasteiger partial charge < -0.3 is 5.11 Å². The van der Waals surface area contributed by atoms with Crippen LogP contribution in [0.3, 0.4) is 0 Å². The van der Waals surface area contributed by atoms with Crippen LogP contribution in [0, 0.1) is 0 Å². The van der Waals surface area contributed by atoms with E-state index in [-0.39, 0.29) is 6.10 Å². The fourth-order valence-electron chi connectivity index (χ4n) is 1.62. The third-order valence-electron chi connectivity index (χ3n) is 2.24.